The van der Waals surface area contributed by atoms with Crippen molar-refractivity contribution < 1.29 is 18.3 Å². The number of sulfonamides is 1. The van der Waals surface area contributed by atoms with Crippen molar-refractivity contribution >= 4 is 44.0 Å². The summed E-state index contributed by atoms with van der Waals surface area (Å²) in [6.45, 7) is 4.44. The van der Waals surface area contributed by atoms with Crippen LogP contribution >= 0.6 is 0 Å². The average molecular weight is 495 g/mol. The Balaban J connectivity index is 1.70. The summed E-state index contributed by atoms with van der Waals surface area (Å²) in [5.41, 5.74) is 0.467. The van der Waals surface area contributed by atoms with Gasteiger partial charge in [0.1, 0.15) is 16.2 Å². The zero-order valence-electron chi connectivity index (χ0n) is 19.4. The van der Waals surface area contributed by atoms with Gasteiger partial charge in [0.05, 0.1) is 11.2 Å². The van der Waals surface area contributed by atoms with Gasteiger partial charge in [-0.25, -0.2) is 0 Å². The van der Waals surface area contributed by atoms with Crippen LogP contribution in [0.3, 0.4) is 0 Å². The van der Waals surface area contributed by atoms with E-state index < -0.39 is 21.3 Å². The maximum absolute atomic E-state index is 13.6. The van der Waals surface area contributed by atoms with E-state index in [4.69, 9.17) is 0 Å². The first-order valence-corrected chi connectivity index (χ1v) is 13.0. The number of nitrogens with one attached hydrogen (secondary N) is 2. The highest BCUT2D eigenvalue weighted by Gasteiger charge is 2.31. The molecule has 1 saturated carbocycles. The summed E-state index contributed by atoms with van der Waals surface area (Å²) in [6, 6.07) is 11.2. The second-order valence-corrected chi connectivity index (χ2v) is 11.0. The molecule has 182 valence electrons. The Hall–Kier alpha value is -3.66. The summed E-state index contributed by atoms with van der Waals surface area (Å²) in [5.74, 6) is -0.407. The number of aromatic hydroxyl groups is 1. The number of hydrogen-bond donors (Lipinski definition) is 3. The van der Waals surface area contributed by atoms with Crippen molar-refractivity contribution in [2.24, 2.45) is 16.2 Å². The molecule has 1 aliphatic carbocycles. The monoisotopic (exact) mass is 494 g/mol. The van der Waals surface area contributed by atoms with Gasteiger partial charge in [0.25, 0.3) is 15.6 Å². The molecule has 2 aliphatic rings. The molecule has 0 spiro atoms. The zero-order chi connectivity index (χ0) is 24.9. The van der Waals surface area contributed by atoms with Crippen molar-refractivity contribution in [3.05, 3.63) is 58.4 Å². The number of nitrogens with zero attached hydrogens (tertiary/aromatic N) is 2. The Bertz CT molecular complexity index is 1550. The predicted octanol–water partition coefficient (Wildman–Crippen LogP) is 3.66. The number of amides is 1. The van der Waals surface area contributed by atoms with Crippen LogP contribution in [0.25, 0.3) is 10.9 Å². The number of para-hydroxylation sites is 1. The lowest BCUT2D eigenvalue weighted by molar-refractivity contribution is -0.117. The lowest BCUT2D eigenvalue weighted by atomic mass is 10.1. The van der Waals surface area contributed by atoms with Crippen LogP contribution in [-0.4, -0.2) is 29.8 Å². The van der Waals surface area contributed by atoms with Crippen LogP contribution in [0.4, 0.5) is 11.4 Å². The van der Waals surface area contributed by atoms with Crippen molar-refractivity contribution in [1.29, 1.82) is 0 Å². The molecule has 1 aromatic heterocycles. The minimum absolute atomic E-state index is 0.000852. The topological polar surface area (TPSA) is 130 Å². The summed E-state index contributed by atoms with van der Waals surface area (Å²) in [5, 5.41) is 17.3. The number of carbonyl (C=O) groups excluding carboxylic acids is 1. The van der Waals surface area contributed by atoms with E-state index >= 15 is 0 Å². The Morgan fingerprint density at radius 2 is 1.97 bits per heavy atom. The molecule has 9 nitrogen and oxygen atoms in total. The summed E-state index contributed by atoms with van der Waals surface area (Å²) < 4.78 is 31.0. The normalized spacial score (nSPS) is 16.5. The number of hydrogen-bond acceptors (Lipinski definition) is 6. The maximum Gasteiger partial charge on any atom is 0.286 e. The molecule has 2 heterocycles. The van der Waals surface area contributed by atoms with Crippen molar-refractivity contribution in [1.82, 2.24) is 4.57 Å². The van der Waals surface area contributed by atoms with Crippen molar-refractivity contribution in [2.75, 3.05) is 10.6 Å². The Morgan fingerprint density at radius 3 is 2.69 bits per heavy atom. The zero-order valence-corrected chi connectivity index (χ0v) is 20.2. The van der Waals surface area contributed by atoms with E-state index in [9.17, 15) is 23.1 Å². The molecule has 5 rings (SSSR count). The van der Waals surface area contributed by atoms with Crippen LogP contribution in [0.5, 0.6) is 5.75 Å². The standard InChI is InChI=1S/C25H26N4O5S/c1-14(2)11-12-29-19-10-9-16(26-24(31)15-7-8-15)13-17(19)22(30)21(25(29)32)23-27-18-5-3-4-6-20(18)35(33,34)28-23/h3-6,9-10,13-15,30H,7-8,11-12H2,1-2H3,(H,26,31)(H,27,28). The molecular formula is C25H26N4O5S. The number of aromatic nitrogens is 1. The summed E-state index contributed by atoms with van der Waals surface area (Å²) >= 11 is 0. The third kappa shape index (κ3) is 4.29. The van der Waals surface area contributed by atoms with E-state index in [0.717, 1.165) is 12.8 Å². The van der Waals surface area contributed by atoms with Crippen LogP contribution in [0, 0.1) is 11.8 Å². The molecule has 0 saturated heterocycles. The first-order valence-electron chi connectivity index (χ1n) is 11.6. The van der Waals surface area contributed by atoms with Gasteiger partial charge < -0.3 is 20.3 Å². The number of pyridine rings is 1. The maximum atomic E-state index is 13.6. The largest absolute Gasteiger partial charge is 0.506 e. The molecule has 10 heteroatoms. The number of anilines is 2. The van der Waals surface area contributed by atoms with E-state index in [1.165, 1.54) is 10.6 Å². The molecule has 0 radical (unpaired) electrons. The van der Waals surface area contributed by atoms with Gasteiger partial charge in [0.15, 0.2) is 5.84 Å². The van der Waals surface area contributed by atoms with Crippen LogP contribution in [0.15, 0.2) is 56.6 Å². The fourth-order valence-corrected chi connectivity index (χ4v) is 5.28. The second-order valence-electron chi connectivity index (χ2n) is 9.39. The molecule has 2 aromatic carbocycles. The highest BCUT2D eigenvalue weighted by molar-refractivity contribution is 7.90. The minimum Gasteiger partial charge on any atom is -0.506 e. The number of benzene rings is 2. The second kappa shape index (κ2) is 8.53. The average Bonchev–Trinajstić information content (AvgIpc) is 3.64. The molecule has 1 aliphatic heterocycles. The number of carbonyl (C=O) groups is 1. The Labute approximate surface area is 202 Å². The molecule has 1 amide bonds. The third-order valence-corrected chi connectivity index (χ3v) is 7.59. The van der Waals surface area contributed by atoms with Gasteiger partial charge in [-0.1, -0.05) is 26.0 Å². The molecule has 1 fully saturated rings. The quantitative estimate of drug-likeness (QED) is 0.480. The van der Waals surface area contributed by atoms with Gasteiger partial charge in [-0.15, -0.1) is 4.40 Å². The van der Waals surface area contributed by atoms with E-state index in [1.54, 1.807) is 36.4 Å². The van der Waals surface area contributed by atoms with Crippen molar-refractivity contribution in [2.45, 2.75) is 44.6 Å². The molecular weight excluding hydrogens is 468 g/mol. The molecule has 0 atom stereocenters. The highest BCUT2D eigenvalue weighted by Crippen LogP contribution is 2.34. The first kappa shape index (κ1) is 23.1. The Kier molecular flexibility index (Phi) is 5.63. The fourth-order valence-electron chi connectivity index (χ4n) is 4.15. The smallest absolute Gasteiger partial charge is 0.286 e. The highest BCUT2D eigenvalue weighted by atomic mass is 32.2. The number of fused-ring (bicyclic) bond motifs is 2. The predicted molar refractivity (Wildman–Crippen MR) is 134 cm³/mol. The lowest BCUT2D eigenvalue weighted by Gasteiger charge is -2.21. The molecule has 3 N–H and O–H groups in total. The third-order valence-electron chi connectivity index (χ3n) is 6.25. The summed E-state index contributed by atoms with van der Waals surface area (Å²) in [4.78, 5) is 25.9. The SMILES string of the molecule is CC(C)CCn1c(=O)c(C2=NS(=O)(=O)c3ccccc3N2)c(O)c2cc(NC(=O)C3CC3)ccc21. The Morgan fingerprint density at radius 1 is 1.23 bits per heavy atom. The van der Waals surface area contributed by atoms with E-state index in [-0.39, 0.29) is 33.8 Å². The van der Waals surface area contributed by atoms with Crippen LogP contribution in [0.2, 0.25) is 0 Å². The summed E-state index contributed by atoms with van der Waals surface area (Å²) in [7, 11) is -4.08. The lowest BCUT2D eigenvalue weighted by Crippen LogP contribution is -2.33. The van der Waals surface area contributed by atoms with Crippen molar-refractivity contribution in [3.8, 4) is 5.75 Å². The molecule has 35 heavy (non-hydrogen) atoms. The summed E-state index contributed by atoms with van der Waals surface area (Å²) in [6.07, 6.45) is 2.40. The van der Waals surface area contributed by atoms with Crippen LogP contribution < -0.4 is 16.2 Å². The van der Waals surface area contributed by atoms with E-state index in [1.807, 2.05) is 13.8 Å². The number of rotatable bonds is 6. The minimum atomic E-state index is -4.08. The van der Waals surface area contributed by atoms with E-state index in [0.29, 0.717) is 35.5 Å². The van der Waals surface area contributed by atoms with Gasteiger partial charge in [-0.2, -0.15) is 8.42 Å². The molecule has 0 bridgehead atoms. The van der Waals surface area contributed by atoms with Crippen LogP contribution in [0.1, 0.15) is 38.7 Å². The van der Waals surface area contributed by atoms with Gasteiger partial charge in [0, 0.05) is 23.5 Å². The van der Waals surface area contributed by atoms with Gasteiger partial charge in [0.2, 0.25) is 5.91 Å². The van der Waals surface area contributed by atoms with Crippen LogP contribution in [-0.2, 0) is 21.4 Å². The van der Waals surface area contributed by atoms with Gasteiger partial charge in [-0.05, 0) is 55.5 Å². The number of aryl methyl sites for hydroxylation is 1. The van der Waals surface area contributed by atoms with Crippen molar-refractivity contribution in [3.63, 3.8) is 0 Å². The van der Waals surface area contributed by atoms with Gasteiger partial charge >= 0.3 is 0 Å². The fraction of sp³-hybridized carbons (Fsp3) is 0.320. The first-order chi connectivity index (χ1) is 16.7. The molecule has 0 unspecified atom stereocenters. The molecule has 3 aromatic rings. The van der Waals surface area contributed by atoms with Gasteiger partial charge in [-0.3, -0.25) is 9.59 Å². The number of amidine groups is 1. The van der Waals surface area contributed by atoms with E-state index in [2.05, 4.69) is 15.0 Å².